The third kappa shape index (κ3) is 2.76. The Balaban J connectivity index is 1.49. The van der Waals surface area contributed by atoms with E-state index in [9.17, 15) is 5.11 Å². The smallest absolute Gasteiger partial charge is 0.0951 e. The molecule has 4 rings (SSSR count). The first-order valence-corrected chi connectivity index (χ1v) is 8.76. The van der Waals surface area contributed by atoms with Crippen molar-refractivity contribution >= 4 is 0 Å². The number of piperidine rings is 1. The van der Waals surface area contributed by atoms with Crippen molar-refractivity contribution in [1.29, 1.82) is 0 Å². The van der Waals surface area contributed by atoms with Crippen molar-refractivity contribution in [2.75, 3.05) is 6.54 Å². The lowest BCUT2D eigenvalue weighted by atomic mass is 9.87. The number of likely N-dealkylation sites (tertiary alicyclic amines) is 1. The highest BCUT2D eigenvalue weighted by atomic mass is 16.3. The molecule has 2 saturated carbocycles. The number of hydrogen-bond donors (Lipinski definition) is 1. The topological polar surface area (TPSA) is 41.3 Å². The van der Waals surface area contributed by atoms with Gasteiger partial charge in [0.1, 0.15) is 0 Å². The summed E-state index contributed by atoms with van der Waals surface area (Å²) < 4.78 is 2.39. The van der Waals surface area contributed by atoms with Gasteiger partial charge in [0, 0.05) is 30.7 Å². The van der Waals surface area contributed by atoms with Crippen LogP contribution in [0.4, 0.5) is 0 Å². The van der Waals surface area contributed by atoms with Crippen LogP contribution in [0, 0.1) is 5.92 Å². The van der Waals surface area contributed by atoms with Crippen molar-refractivity contribution < 1.29 is 5.11 Å². The van der Waals surface area contributed by atoms with Crippen LogP contribution in [-0.2, 0) is 6.54 Å². The van der Waals surface area contributed by atoms with Gasteiger partial charge in [0.15, 0.2) is 0 Å². The summed E-state index contributed by atoms with van der Waals surface area (Å²) in [4.78, 5) is 7.01. The Kier molecular flexibility index (Phi) is 3.76. The van der Waals surface area contributed by atoms with Gasteiger partial charge in [-0.05, 0) is 45.1 Å². The highest BCUT2D eigenvalue weighted by Crippen LogP contribution is 2.38. The zero-order valence-electron chi connectivity index (χ0n) is 12.8. The van der Waals surface area contributed by atoms with E-state index in [1.165, 1.54) is 57.2 Å². The van der Waals surface area contributed by atoms with Crippen LogP contribution in [0.5, 0.6) is 0 Å². The van der Waals surface area contributed by atoms with Gasteiger partial charge < -0.3 is 9.67 Å². The summed E-state index contributed by atoms with van der Waals surface area (Å²) in [5.41, 5.74) is 1.37. The quantitative estimate of drug-likeness (QED) is 0.926. The second kappa shape index (κ2) is 5.73. The van der Waals surface area contributed by atoms with Crippen LogP contribution in [-0.4, -0.2) is 38.2 Å². The fraction of sp³-hybridized carbons (Fsp3) is 0.824. The molecule has 21 heavy (non-hydrogen) atoms. The van der Waals surface area contributed by atoms with Gasteiger partial charge >= 0.3 is 0 Å². The Labute approximate surface area is 127 Å². The van der Waals surface area contributed by atoms with Gasteiger partial charge in [-0.25, -0.2) is 4.98 Å². The maximum absolute atomic E-state index is 10.3. The lowest BCUT2D eigenvalue weighted by Gasteiger charge is -2.40. The zero-order chi connectivity index (χ0) is 14.2. The van der Waals surface area contributed by atoms with E-state index in [1.54, 1.807) is 0 Å². The standard InChI is InChI=1S/C17H27N3O/c21-17-6-3-4-15(17)16-5-1-2-9-19(16)11-14-10-18-12-20(14)13-7-8-13/h10,12-13,15-17,21H,1-9,11H2. The minimum atomic E-state index is -0.0658. The molecule has 116 valence electrons. The molecule has 1 saturated heterocycles. The molecule has 1 aromatic heterocycles. The van der Waals surface area contributed by atoms with Gasteiger partial charge in [0.05, 0.1) is 18.1 Å². The highest BCUT2D eigenvalue weighted by molar-refractivity contribution is 5.05. The first-order valence-electron chi connectivity index (χ1n) is 8.76. The number of aliphatic hydroxyl groups excluding tert-OH is 1. The first kappa shape index (κ1) is 13.8. The monoisotopic (exact) mass is 289 g/mol. The summed E-state index contributed by atoms with van der Waals surface area (Å²) in [7, 11) is 0. The predicted molar refractivity (Wildman–Crippen MR) is 81.9 cm³/mol. The molecule has 1 N–H and O–H groups in total. The molecule has 4 heteroatoms. The van der Waals surface area contributed by atoms with Crippen LogP contribution in [0.15, 0.2) is 12.5 Å². The number of nitrogens with zero attached hydrogens (tertiary/aromatic N) is 3. The summed E-state index contributed by atoms with van der Waals surface area (Å²) in [6.45, 7) is 2.20. The molecule has 0 spiro atoms. The molecular weight excluding hydrogens is 262 g/mol. The van der Waals surface area contributed by atoms with E-state index >= 15 is 0 Å². The molecule has 0 bridgehead atoms. The molecule has 3 atom stereocenters. The predicted octanol–water partition coefficient (Wildman–Crippen LogP) is 2.73. The lowest BCUT2D eigenvalue weighted by molar-refractivity contribution is 0.0301. The number of aliphatic hydroxyl groups is 1. The van der Waals surface area contributed by atoms with Crippen LogP contribution >= 0.6 is 0 Å². The first-order chi connectivity index (χ1) is 10.3. The van der Waals surface area contributed by atoms with Crippen molar-refractivity contribution in [2.45, 2.75) is 76.1 Å². The van der Waals surface area contributed by atoms with Gasteiger partial charge in [-0.15, -0.1) is 0 Å². The molecule has 2 aliphatic carbocycles. The average molecular weight is 289 g/mol. The lowest BCUT2D eigenvalue weighted by Crippen LogP contribution is -2.46. The SMILES string of the molecule is OC1CCCC1C1CCCCN1Cc1cncn1C1CC1. The van der Waals surface area contributed by atoms with Crippen LogP contribution in [0.1, 0.15) is 63.1 Å². The maximum atomic E-state index is 10.3. The number of hydrogen-bond acceptors (Lipinski definition) is 3. The van der Waals surface area contributed by atoms with Gasteiger partial charge in [0.25, 0.3) is 0 Å². The Morgan fingerprint density at radius 3 is 2.76 bits per heavy atom. The zero-order valence-corrected chi connectivity index (χ0v) is 12.8. The maximum Gasteiger partial charge on any atom is 0.0951 e. The minimum absolute atomic E-state index is 0.0658. The summed E-state index contributed by atoms with van der Waals surface area (Å²) in [5, 5.41) is 10.3. The van der Waals surface area contributed by atoms with E-state index in [-0.39, 0.29) is 6.10 Å². The number of rotatable bonds is 4. The Morgan fingerprint density at radius 2 is 2.00 bits per heavy atom. The average Bonchev–Trinajstić information content (AvgIpc) is 3.09. The Bertz CT molecular complexity index is 482. The summed E-state index contributed by atoms with van der Waals surface area (Å²) in [6, 6.07) is 1.29. The summed E-state index contributed by atoms with van der Waals surface area (Å²) in [6.07, 6.45) is 13.9. The van der Waals surface area contributed by atoms with E-state index in [0.717, 1.165) is 13.0 Å². The normalized spacial score (nSPS) is 34.4. The largest absolute Gasteiger partial charge is 0.393 e. The van der Waals surface area contributed by atoms with Crippen LogP contribution in [0.2, 0.25) is 0 Å². The minimum Gasteiger partial charge on any atom is -0.393 e. The third-order valence-electron chi connectivity index (χ3n) is 5.74. The van der Waals surface area contributed by atoms with Crippen molar-refractivity contribution in [2.24, 2.45) is 5.92 Å². The molecule has 0 aromatic carbocycles. The van der Waals surface area contributed by atoms with Gasteiger partial charge in [-0.3, -0.25) is 4.90 Å². The molecule has 1 aliphatic heterocycles. The second-order valence-electron chi connectivity index (χ2n) is 7.22. The van der Waals surface area contributed by atoms with E-state index in [1.807, 2.05) is 6.33 Å². The van der Waals surface area contributed by atoms with Gasteiger partial charge in [0.2, 0.25) is 0 Å². The van der Waals surface area contributed by atoms with Crippen molar-refractivity contribution in [3.63, 3.8) is 0 Å². The molecule has 1 aromatic rings. The van der Waals surface area contributed by atoms with E-state index in [4.69, 9.17) is 0 Å². The van der Waals surface area contributed by atoms with Crippen molar-refractivity contribution in [3.8, 4) is 0 Å². The number of imidazole rings is 1. The summed E-state index contributed by atoms with van der Waals surface area (Å²) >= 11 is 0. The fourth-order valence-electron chi connectivity index (χ4n) is 4.46. The molecule has 3 fully saturated rings. The van der Waals surface area contributed by atoms with Gasteiger partial charge in [-0.1, -0.05) is 12.8 Å². The van der Waals surface area contributed by atoms with Crippen LogP contribution in [0.25, 0.3) is 0 Å². The van der Waals surface area contributed by atoms with Gasteiger partial charge in [-0.2, -0.15) is 0 Å². The molecule has 4 nitrogen and oxygen atoms in total. The fourth-order valence-corrected chi connectivity index (χ4v) is 4.46. The molecular formula is C17H27N3O. The second-order valence-corrected chi connectivity index (χ2v) is 7.22. The van der Waals surface area contributed by atoms with Crippen LogP contribution < -0.4 is 0 Å². The Hall–Kier alpha value is -0.870. The van der Waals surface area contributed by atoms with E-state index in [2.05, 4.69) is 20.6 Å². The molecule has 3 unspecified atom stereocenters. The molecule has 0 radical (unpaired) electrons. The Morgan fingerprint density at radius 1 is 1.10 bits per heavy atom. The van der Waals surface area contributed by atoms with E-state index < -0.39 is 0 Å². The third-order valence-corrected chi connectivity index (χ3v) is 5.74. The van der Waals surface area contributed by atoms with E-state index in [0.29, 0.717) is 18.0 Å². The van der Waals surface area contributed by atoms with Crippen molar-refractivity contribution in [3.05, 3.63) is 18.2 Å². The summed E-state index contributed by atoms with van der Waals surface area (Å²) in [5.74, 6) is 0.502. The molecule has 2 heterocycles. The highest BCUT2D eigenvalue weighted by Gasteiger charge is 2.37. The van der Waals surface area contributed by atoms with Crippen molar-refractivity contribution in [1.82, 2.24) is 14.5 Å². The van der Waals surface area contributed by atoms with Crippen LogP contribution in [0.3, 0.4) is 0 Å². The number of aromatic nitrogens is 2. The molecule has 3 aliphatic rings. The molecule has 0 amide bonds.